The normalized spacial score (nSPS) is 11.6. The molecule has 0 fully saturated rings. The first-order valence-electron chi connectivity index (χ1n) is 6.58. The molecule has 0 aromatic carbocycles. The Hall–Kier alpha value is -1.72. The first-order chi connectivity index (χ1) is 9.97. The van der Waals surface area contributed by atoms with Crippen LogP contribution in [0.1, 0.15) is 38.3 Å². The summed E-state index contributed by atoms with van der Waals surface area (Å²) in [6.45, 7) is 2.06. The van der Waals surface area contributed by atoms with E-state index >= 15 is 0 Å². The molecule has 112 valence electrons. The number of unbranched alkanes of at least 4 members (excludes halogenated alkanes) is 3. The van der Waals surface area contributed by atoms with E-state index in [-0.39, 0.29) is 20.7 Å². The standard InChI is InChI=1S/C13H15N3O3S2/c1-3-5-6-7-8-21(18,19)13-15-16-11(17)9-10(4-2)14-12(16)20-13/h2,9H,3,5-8H2,1H3. The van der Waals surface area contributed by atoms with E-state index in [1.54, 1.807) is 0 Å². The summed E-state index contributed by atoms with van der Waals surface area (Å²) in [6, 6.07) is 1.16. The van der Waals surface area contributed by atoms with Gasteiger partial charge in [0.25, 0.3) is 5.56 Å². The Morgan fingerprint density at radius 1 is 1.38 bits per heavy atom. The molecule has 2 heterocycles. The average molecular weight is 325 g/mol. The number of sulfone groups is 1. The van der Waals surface area contributed by atoms with Crippen LogP contribution >= 0.6 is 11.3 Å². The van der Waals surface area contributed by atoms with Crippen molar-refractivity contribution in [1.29, 1.82) is 0 Å². The minimum atomic E-state index is -3.48. The molecule has 0 unspecified atom stereocenters. The van der Waals surface area contributed by atoms with Crippen molar-refractivity contribution in [1.82, 2.24) is 14.6 Å². The summed E-state index contributed by atoms with van der Waals surface area (Å²) >= 11 is 0.869. The maximum absolute atomic E-state index is 12.2. The van der Waals surface area contributed by atoms with Gasteiger partial charge in [0, 0.05) is 6.07 Å². The summed E-state index contributed by atoms with van der Waals surface area (Å²) in [6.07, 6.45) is 8.69. The van der Waals surface area contributed by atoms with Gasteiger partial charge in [0.15, 0.2) is 0 Å². The number of terminal acetylenes is 1. The lowest BCUT2D eigenvalue weighted by molar-refractivity contribution is 0.586. The van der Waals surface area contributed by atoms with Gasteiger partial charge >= 0.3 is 0 Å². The first-order valence-corrected chi connectivity index (χ1v) is 9.05. The van der Waals surface area contributed by atoms with Crippen LogP contribution in [0.4, 0.5) is 0 Å². The third-order valence-electron chi connectivity index (χ3n) is 2.91. The van der Waals surface area contributed by atoms with Gasteiger partial charge < -0.3 is 0 Å². The molecule has 2 aromatic heterocycles. The molecule has 0 aliphatic rings. The van der Waals surface area contributed by atoms with Crippen LogP contribution in [0, 0.1) is 12.3 Å². The SMILES string of the molecule is C#Cc1cc(=O)n2nc(S(=O)(=O)CCCCCC)sc2n1. The van der Waals surface area contributed by atoms with E-state index in [1.807, 2.05) is 0 Å². The lowest BCUT2D eigenvalue weighted by Gasteiger charge is -1.99. The molecular weight excluding hydrogens is 310 g/mol. The van der Waals surface area contributed by atoms with E-state index in [9.17, 15) is 13.2 Å². The van der Waals surface area contributed by atoms with Crippen molar-refractivity contribution < 1.29 is 8.42 Å². The molecule has 0 N–H and O–H groups in total. The number of rotatable bonds is 6. The van der Waals surface area contributed by atoms with Crippen molar-refractivity contribution in [2.75, 3.05) is 5.75 Å². The molecule has 0 saturated heterocycles. The highest BCUT2D eigenvalue weighted by Gasteiger charge is 2.21. The van der Waals surface area contributed by atoms with E-state index in [4.69, 9.17) is 6.42 Å². The quantitative estimate of drug-likeness (QED) is 0.593. The van der Waals surface area contributed by atoms with Crippen molar-refractivity contribution in [2.24, 2.45) is 0 Å². The highest BCUT2D eigenvalue weighted by atomic mass is 32.2. The summed E-state index contributed by atoms with van der Waals surface area (Å²) in [4.78, 5) is 16.0. The predicted molar refractivity (Wildman–Crippen MR) is 81.3 cm³/mol. The highest BCUT2D eigenvalue weighted by molar-refractivity contribution is 7.93. The molecule has 2 rings (SSSR count). The first kappa shape index (κ1) is 15.7. The van der Waals surface area contributed by atoms with Gasteiger partial charge in [-0.1, -0.05) is 37.5 Å². The van der Waals surface area contributed by atoms with E-state index in [0.29, 0.717) is 6.42 Å². The number of fused-ring (bicyclic) bond motifs is 1. The lowest BCUT2D eigenvalue weighted by atomic mass is 10.2. The largest absolute Gasteiger partial charge is 0.276 e. The molecule has 8 heteroatoms. The Balaban J connectivity index is 2.32. The molecule has 0 bridgehead atoms. The molecule has 2 aromatic rings. The molecule has 6 nitrogen and oxygen atoms in total. The average Bonchev–Trinajstić information content (AvgIpc) is 2.89. The Kier molecular flexibility index (Phi) is 4.75. The Morgan fingerprint density at radius 3 is 2.81 bits per heavy atom. The van der Waals surface area contributed by atoms with Crippen LogP contribution in [0.25, 0.3) is 4.96 Å². The van der Waals surface area contributed by atoms with Crippen LogP contribution in [0.5, 0.6) is 0 Å². The van der Waals surface area contributed by atoms with E-state index in [1.165, 1.54) is 0 Å². The number of hydrogen-bond donors (Lipinski definition) is 0. The van der Waals surface area contributed by atoms with Crippen LogP contribution in [0.15, 0.2) is 15.2 Å². The third kappa shape index (κ3) is 3.49. The number of aromatic nitrogens is 3. The third-order valence-corrected chi connectivity index (χ3v) is 6.06. The van der Waals surface area contributed by atoms with Gasteiger partial charge in [-0.2, -0.15) is 4.52 Å². The Labute approximate surface area is 126 Å². The molecular formula is C13H15N3O3S2. The second-order valence-electron chi connectivity index (χ2n) is 4.57. The van der Waals surface area contributed by atoms with Crippen molar-refractivity contribution in [3.63, 3.8) is 0 Å². The van der Waals surface area contributed by atoms with Crippen molar-refractivity contribution in [3.05, 3.63) is 22.1 Å². The van der Waals surface area contributed by atoms with Gasteiger partial charge in [-0.05, 0) is 12.3 Å². The van der Waals surface area contributed by atoms with E-state index in [0.717, 1.165) is 41.2 Å². The predicted octanol–water partition coefficient (Wildman–Crippen LogP) is 1.49. The summed E-state index contributed by atoms with van der Waals surface area (Å²) in [7, 11) is -3.48. The molecule has 0 saturated carbocycles. The summed E-state index contributed by atoms with van der Waals surface area (Å²) in [5.41, 5.74) is -0.299. The van der Waals surface area contributed by atoms with Crippen LogP contribution in [-0.2, 0) is 9.84 Å². The van der Waals surface area contributed by atoms with Gasteiger partial charge in [0.05, 0.1) is 5.75 Å². The molecule has 21 heavy (non-hydrogen) atoms. The van der Waals surface area contributed by atoms with E-state index in [2.05, 4.69) is 22.9 Å². The second kappa shape index (κ2) is 6.37. The van der Waals surface area contributed by atoms with Gasteiger partial charge in [0.2, 0.25) is 19.1 Å². The zero-order valence-corrected chi connectivity index (χ0v) is 13.2. The Morgan fingerprint density at radius 2 is 2.14 bits per heavy atom. The van der Waals surface area contributed by atoms with Crippen molar-refractivity contribution in [2.45, 2.75) is 36.9 Å². The van der Waals surface area contributed by atoms with Gasteiger partial charge in [0.1, 0.15) is 5.69 Å². The van der Waals surface area contributed by atoms with Gasteiger partial charge in [-0.3, -0.25) is 4.79 Å². The second-order valence-corrected chi connectivity index (χ2v) is 7.80. The fourth-order valence-corrected chi connectivity index (χ4v) is 4.39. The maximum atomic E-state index is 12.2. The van der Waals surface area contributed by atoms with Crippen LogP contribution in [0.2, 0.25) is 0 Å². The van der Waals surface area contributed by atoms with Crippen LogP contribution < -0.4 is 5.56 Å². The minimum Gasteiger partial charge on any atom is -0.267 e. The van der Waals surface area contributed by atoms with Crippen molar-refractivity contribution in [3.8, 4) is 12.3 Å². The van der Waals surface area contributed by atoms with Crippen LogP contribution in [-0.4, -0.2) is 28.8 Å². The molecule has 0 aliphatic heterocycles. The zero-order chi connectivity index (χ0) is 15.5. The maximum Gasteiger partial charge on any atom is 0.276 e. The molecule has 0 spiro atoms. The minimum absolute atomic E-state index is 0.0313. The fraction of sp³-hybridized carbons (Fsp3) is 0.462. The fourth-order valence-electron chi connectivity index (χ4n) is 1.80. The topological polar surface area (TPSA) is 81.4 Å². The lowest BCUT2D eigenvalue weighted by Crippen LogP contribution is -2.15. The van der Waals surface area contributed by atoms with E-state index < -0.39 is 15.4 Å². The number of hydrogen-bond acceptors (Lipinski definition) is 6. The van der Waals surface area contributed by atoms with Gasteiger partial charge in [-0.25, -0.2) is 13.4 Å². The zero-order valence-electron chi connectivity index (χ0n) is 11.6. The summed E-state index contributed by atoms with van der Waals surface area (Å²) in [5, 5.41) is 3.86. The van der Waals surface area contributed by atoms with Crippen LogP contribution in [0.3, 0.4) is 0 Å². The van der Waals surface area contributed by atoms with Crippen molar-refractivity contribution >= 4 is 26.1 Å². The smallest absolute Gasteiger partial charge is 0.267 e. The molecule has 0 aliphatic carbocycles. The monoisotopic (exact) mass is 325 g/mol. The molecule has 0 radical (unpaired) electrons. The van der Waals surface area contributed by atoms with Gasteiger partial charge in [-0.15, -0.1) is 11.5 Å². The molecule has 0 amide bonds. The molecule has 0 atom stereocenters. The summed E-state index contributed by atoms with van der Waals surface area (Å²) in [5.74, 6) is 2.29. The Bertz CT molecular complexity index is 844. The number of nitrogens with zero attached hydrogens (tertiary/aromatic N) is 3. The highest BCUT2D eigenvalue weighted by Crippen LogP contribution is 2.19. The summed E-state index contributed by atoms with van der Waals surface area (Å²) < 4.78 is 25.3.